The summed E-state index contributed by atoms with van der Waals surface area (Å²) in [4.78, 5) is 0. The van der Waals surface area contributed by atoms with Crippen molar-refractivity contribution in [1.29, 1.82) is 0 Å². The fourth-order valence-corrected chi connectivity index (χ4v) is 2.83. The van der Waals surface area contributed by atoms with Crippen LogP contribution < -0.4 is 5.32 Å². The average Bonchev–Trinajstić information content (AvgIpc) is 2.73. The molecule has 0 amide bonds. The second-order valence-electron chi connectivity index (χ2n) is 4.32. The van der Waals surface area contributed by atoms with E-state index in [-0.39, 0.29) is 6.04 Å². The predicted octanol–water partition coefficient (Wildman–Crippen LogP) is 4.73. The van der Waals surface area contributed by atoms with Crippen LogP contribution in [0.15, 0.2) is 37.8 Å². The van der Waals surface area contributed by atoms with E-state index in [2.05, 4.69) is 63.2 Å². The van der Waals surface area contributed by atoms with E-state index in [0.717, 1.165) is 14.9 Å². The monoisotopic (exact) mass is 371 g/mol. The minimum absolute atomic E-state index is 0.0723. The van der Waals surface area contributed by atoms with Gasteiger partial charge in [0.1, 0.15) is 5.76 Å². The topological polar surface area (TPSA) is 25.2 Å². The van der Waals surface area contributed by atoms with Crippen molar-refractivity contribution in [2.75, 3.05) is 7.05 Å². The summed E-state index contributed by atoms with van der Waals surface area (Å²) in [7, 11) is 1.94. The molecule has 0 radical (unpaired) electrons. The molecule has 0 aliphatic rings. The number of rotatable bonds is 3. The van der Waals surface area contributed by atoms with Gasteiger partial charge in [0.25, 0.3) is 0 Å². The van der Waals surface area contributed by atoms with Gasteiger partial charge in [-0.1, -0.05) is 22.0 Å². The molecule has 18 heavy (non-hydrogen) atoms. The summed E-state index contributed by atoms with van der Waals surface area (Å²) in [6.45, 7) is 4.21. The van der Waals surface area contributed by atoms with Gasteiger partial charge in [-0.15, -0.1) is 0 Å². The Bertz CT molecular complexity index is 563. The molecule has 0 bridgehead atoms. The van der Waals surface area contributed by atoms with Gasteiger partial charge in [0, 0.05) is 4.47 Å². The van der Waals surface area contributed by atoms with Gasteiger partial charge in [0.05, 0.1) is 6.04 Å². The van der Waals surface area contributed by atoms with Crippen LogP contribution in [0, 0.1) is 13.8 Å². The van der Waals surface area contributed by atoms with Crippen molar-refractivity contribution in [1.82, 2.24) is 5.32 Å². The fourth-order valence-electron chi connectivity index (χ4n) is 2.05. The van der Waals surface area contributed by atoms with Crippen LogP contribution in [0.1, 0.15) is 28.5 Å². The molecule has 1 unspecified atom stereocenters. The summed E-state index contributed by atoms with van der Waals surface area (Å²) in [6.07, 6.45) is 0. The van der Waals surface area contributed by atoms with Crippen molar-refractivity contribution in [3.8, 4) is 0 Å². The van der Waals surface area contributed by atoms with Gasteiger partial charge in [0.15, 0.2) is 4.67 Å². The van der Waals surface area contributed by atoms with Crippen molar-refractivity contribution in [2.24, 2.45) is 0 Å². The van der Waals surface area contributed by atoms with E-state index < -0.39 is 0 Å². The van der Waals surface area contributed by atoms with E-state index in [1.165, 1.54) is 16.7 Å². The van der Waals surface area contributed by atoms with E-state index in [4.69, 9.17) is 4.42 Å². The molecule has 0 saturated heterocycles. The van der Waals surface area contributed by atoms with Crippen LogP contribution in [0.5, 0.6) is 0 Å². The first-order valence-electron chi connectivity index (χ1n) is 5.72. The highest BCUT2D eigenvalue weighted by Crippen LogP contribution is 2.30. The largest absolute Gasteiger partial charge is 0.452 e. The zero-order valence-electron chi connectivity index (χ0n) is 10.6. The van der Waals surface area contributed by atoms with Crippen LogP contribution >= 0.6 is 31.9 Å². The van der Waals surface area contributed by atoms with Crippen LogP contribution in [0.25, 0.3) is 0 Å². The quantitative estimate of drug-likeness (QED) is 0.842. The molecule has 2 nitrogen and oxygen atoms in total. The predicted molar refractivity (Wildman–Crippen MR) is 80.9 cm³/mol. The van der Waals surface area contributed by atoms with Crippen LogP contribution in [0.4, 0.5) is 0 Å². The number of halogens is 2. The van der Waals surface area contributed by atoms with Crippen molar-refractivity contribution in [3.63, 3.8) is 0 Å². The lowest BCUT2D eigenvalue weighted by Gasteiger charge is -2.18. The zero-order valence-corrected chi connectivity index (χ0v) is 13.7. The van der Waals surface area contributed by atoms with Gasteiger partial charge in [-0.3, -0.25) is 0 Å². The van der Waals surface area contributed by atoms with E-state index in [1.807, 2.05) is 19.2 Å². The van der Waals surface area contributed by atoms with E-state index in [0.29, 0.717) is 0 Å². The maximum Gasteiger partial charge on any atom is 0.169 e. The number of hydrogen-bond donors (Lipinski definition) is 1. The molecule has 0 saturated carbocycles. The average molecular weight is 373 g/mol. The molecule has 0 aliphatic carbocycles. The Balaban J connectivity index is 2.48. The smallest absolute Gasteiger partial charge is 0.169 e. The van der Waals surface area contributed by atoms with Crippen molar-refractivity contribution in [3.05, 3.63) is 55.9 Å². The Morgan fingerprint density at radius 2 is 1.83 bits per heavy atom. The normalized spacial score (nSPS) is 12.7. The number of hydrogen-bond acceptors (Lipinski definition) is 2. The highest BCUT2D eigenvalue weighted by Gasteiger charge is 2.18. The Morgan fingerprint density at radius 3 is 2.39 bits per heavy atom. The lowest BCUT2D eigenvalue weighted by Crippen LogP contribution is -2.18. The van der Waals surface area contributed by atoms with Crippen molar-refractivity contribution < 1.29 is 4.42 Å². The highest BCUT2D eigenvalue weighted by atomic mass is 79.9. The second kappa shape index (κ2) is 5.59. The van der Waals surface area contributed by atoms with Crippen LogP contribution in [0.3, 0.4) is 0 Å². The Hall–Kier alpha value is -0.580. The lowest BCUT2D eigenvalue weighted by atomic mass is 9.97. The van der Waals surface area contributed by atoms with Gasteiger partial charge in [-0.2, -0.15) is 0 Å². The van der Waals surface area contributed by atoms with E-state index >= 15 is 0 Å². The Labute approximate surface area is 124 Å². The summed E-state index contributed by atoms with van der Waals surface area (Å²) in [5.74, 6) is 0.911. The standard InChI is InChI=1S/C14H15Br2NO/c1-8-7-11(15)9(2)6-10(8)14(17-3)12-4-5-13(16)18-12/h4-7,14,17H,1-3H3. The summed E-state index contributed by atoms with van der Waals surface area (Å²) in [6, 6.07) is 8.32. The van der Waals surface area contributed by atoms with Gasteiger partial charge < -0.3 is 9.73 Å². The van der Waals surface area contributed by atoms with Gasteiger partial charge in [-0.05, 0) is 71.7 Å². The van der Waals surface area contributed by atoms with Crippen LogP contribution in [-0.2, 0) is 0 Å². The number of aryl methyl sites for hydroxylation is 2. The number of furan rings is 1. The molecule has 0 fully saturated rings. The Morgan fingerprint density at radius 1 is 1.11 bits per heavy atom. The molecule has 2 rings (SSSR count). The SMILES string of the molecule is CNC(c1ccc(Br)o1)c1cc(C)c(Br)cc1C. The second-order valence-corrected chi connectivity index (χ2v) is 5.96. The minimum atomic E-state index is 0.0723. The third kappa shape index (κ3) is 2.71. The first-order chi connectivity index (χ1) is 8.52. The molecule has 1 atom stereocenters. The minimum Gasteiger partial charge on any atom is -0.452 e. The molecule has 0 aliphatic heterocycles. The number of benzene rings is 1. The Kier molecular flexibility index (Phi) is 4.30. The fraction of sp³-hybridized carbons (Fsp3) is 0.286. The molecule has 1 N–H and O–H groups in total. The molecule has 0 spiro atoms. The van der Waals surface area contributed by atoms with Crippen molar-refractivity contribution in [2.45, 2.75) is 19.9 Å². The van der Waals surface area contributed by atoms with Gasteiger partial charge in [0.2, 0.25) is 0 Å². The highest BCUT2D eigenvalue weighted by molar-refractivity contribution is 9.10. The van der Waals surface area contributed by atoms with Crippen molar-refractivity contribution >= 4 is 31.9 Å². The molecular weight excluding hydrogens is 358 g/mol. The summed E-state index contributed by atoms with van der Waals surface area (Å²) in [5.41, 5.74) is 3.70. The third-order valence-corrected chi connectivity index (χ3v) is 4.31. The molecule has 2 aromatic rings. The van der Waals surface area contributed by atoms with Gasteiger partial charge >= 0.3 is 0 Å². The summed E-state index contributed by atoms with van der Waals surface area (Å²) >= 11 is 6.91. The molecule has 1 aromatic carbocycles. The lowest BCUT2D eigenvalue weighted by molar-refractivity contribution is 0.446. The molecular formula is C14H15Br2NO. The maximum absolute atomic E-state index is 5.66. The summed E-state index contributed by atoms with van der Waals surface area (Å²) in [5, 5.41) is 3.31. The van der Waals surface area contributed by atoms with E-state index in [1.54, 1.807) is 0 Å². The van der Waals surface area contributed by atoms with E-state index in [9.17, 15) is 0 Å². The molecule has 4 heteroatoms. The molecule has 1 heterocycles. The van der Waals surface area contributed by atoms with Gasteiger partial charge in [-0.25, -0.2) is 0 Å². The zero-order chi connectivity index (χ0) is 13.3. The first kappa shape index (κ1) is 13.8. The third-order valence-electron chi connectivity index (χ3n) is 3.03. The first-order valence-corrected chi connectivity index (χ1v) is 7.30. The van der Waals surface area contributed by atoms with Crippen LogP contribution in [-0.4, -0.2) is 7.05 Å². The molecule has 96 valence electrons. The maximum atomic E-state index is 5.66. The number of nitrogens with one attached hydrogen (secondary N) is 1. The molecule has 1 aromatic heterocycles. The van der Waals surface area contributed by atoms with Crippen LogP contribution in [0.2, 0.25) is 0 Å². The summed E-state index contributed by atoms with van der Waals surface area (Å²) < 4.78 is 7.55.